The third-order valence-electron chi connectivity index (χ3n) is 4.15. The fourth-order valence-electron chi connectivity index (χ4n) is 3.07. The maximum atomic E-state index is 4.62. The Bertz CT molecular complexity index is 611. The van der Waals surface area contributed by atoms with E-state index in [0.29, 0.717) is 17.2 Å². The highest BCUT2D eigenvalue weighted by molar-refractivity contribution is 8.01. The number of aromatic nitrogens is 2. The van der Waals surface area contributed by atoms with Crippen LogP contribution in [0.2, 0.25) is 0 Å². The summed E-state index contributed by atoms with van der Waals surface area (Å²) in [7, 11) is 2.06. The normalized spacial score (nSPS) is 24.8. The molecule has 3 atom stereocenters. The van der Waals surface area contributed by atoms with Gasteiger partial charge < -0.3 is 5.32 Å². The van der Waals surface area contributed by atoms with Crippen molar-refractivity contribution >= 4 is 23.3 Å². The van der Waals surface area contributed by atoms with Crippen molar-refractivity contribution < 1.29 is 0 Å². The van der Waals surface area contributed by atoms with Crippen molar-refractivity contribution in [2.24, 2.45) is 0 Å². The van der Waals surface area contributed by atoms with Gasteiger partial charge in [0.1, 0.15) is 5.82 Å². The highest BCUT2D eigenvalue weighted by Gasteiger charge is 2.33. The fourth-order valence-corrected chi connectivity index (χ4v) is 5.45. The summed E-state index contributed by atoms with van der Waals surface area (Å²) in [5, 5.41) is 4.02. The Labute approximate surface area is 134 Å². The molecule has 0 saturated carbocycles. The fraction of sp³-hybridized carbons (Fsp3) is 0.500. The van der Waals surface area contributed by atoms with Gasteiger partial charge in [-0.05, 0) is 42.0 Å². The zero-order valence-corrected chi connectivity index (χ0v) is 14.3. The molecule has 2 aromatic rings. The summed E-state index contributed by atoms with van der Waals surface area (Å²) in [6.07, 6.45) is 2.09. The minimum Gasteiger partial charge on any atom is -0.312 e. The molecule has 112 valence electrons. The quantitative estimate of drug-likeness (QED) is 0.923. The van der Waals surface area contributed by atoms with Gasteiger partial charge in [0.25, 0.3) is 0 Å². The molecular formula is C16H21N3S2. The van der Waals surface area contributed by atoms with Crippen LogP contribution >= 0.6 is 23.3 Å². The zero-order valence-electron chi connectivity index (χ0n) is 12.7. The summed E-state index contributed by atoms with van der Waals surface area (Å²) in [5.74, 6) is 1.56. The third-order valence-corrected chi connectivity index (χ3v) is 6.27. The van der Waals surface area contributed by atoms with E-state index in [-0.39, 0.29) is 0 Å². The predicted molar refractivity (Wildman–Crippen MR) is 90.2 cm³/mol. The van der Waals surface area contributed by atoms with E-state index in [1.54, 1.807) is 0 Å². The molecule has 1 aromatic heterocycles. The molecule has 0 radical (unpaired) electrons. The van der Waals surface area contributed by atoms with Gasteiger partial charge in [-0.2, -0.15) is 4.37 Å². The van der Waals surface area contributed by atoms with Crippen molar-refractivity contribution in [3.8, 4) is 0 Å². The smallest absolute Gasteiger partial charge is 0.170 e. The maximum Gasteiger partial charge on any atom is 0.170 e. The van der Waals surface area contributed by atoms with Gasteiger partial charge in [-0.3, -0.25) is 0 Å². The number of nitrogens with zero attached hydrogens (tertiary/aromatic N) is 2. The topological polar surface area (TPSA) is 37.8 Å². The lowest BCUT2D eigenvalue weighted by Gasteiger charge is -2.36. The molecule has 1 heterocycles. The van der Waals surface area contributed by atoms with Gasteiger partial charge in [-0.15, -0.1) is 0 Å². The standard InChI is InChI=1S/C16H21N3S2/c1-4-14-18-16(21-19-14)20-13-9-10(2)11-7-5-6-8-12(11)15(13)17-3/h5-8,10,13,15,17H,4,9H2,1-3H3. The minimum atomic E-state index is 0.386. The number of hydrogen-bond donors (Lipinski definition) is 1. The van der Waals surface area contributed by atoms with E-state index < -0.39 is 0 Å². The first-order valence-electron chi connectivity index (χ1n) is 7.48. The van der Waals surface area contributed by atoms with Crippen LogP contribution in [0.4, 0.5) is 0 Å². The molecule has 21 heavy (non-hydrogen) atoms. The van der Waals surface area contributed by atoms with E-state index in [2.05, 4.69) is 59.8 Å². The summed E-state index contributed by atoms with van der Waals surface area (Å²) < 4.78 is 5.50. The Balaban J connectivity index is 1.86. The van der Waals surface area contributed by atoms with Crippen molar-refractivity contribution in [3.05, 3.63) is 41.2 Å². The van der Waals surface area contributed by atoms with E-state index >= 15 is 0 Å². The molecule has 0 aliphatic heterocycles. The van der Waals surface area contributed by atoms with Crippen LogP contribution in [0.3, 0.4) is 0 Å². The number of nitrogens with one attached hydrogen (secondary N) is 1. The van der Waals surface area contributed by atoms with Crippen LogP contribution in [-0.2, 0) is 6.42 Å². The van der Waals surface area contributed by atoms with E-state index in [9.17, 15) is 0 Å². The van der Waals surface area contributed by atoms with Crippen LogP contribution in [-0.4, -0.2) is 21.7 Å². The van der Waals surface area contributed by atoms with Crippen molar-refractivity contribution in [1.82, 2.24) is 14.7 Å². The molecule has 0 saturated heterocycles. The van der Waals surface area contributed by atoms with Crippen LogP contribution in [0, 0.1) is 0 Å². The van der Waals surface area contributed by atoms with Crippen molar-refractivity contribution in [1.29, 1.82) is 0 Å². The van der Waals surface area contributed by atoms with Crippen molar-refractivity contribution in [2.45, 2.75) is 48.2 Å². The number of thioether (sulfide) groups is 1. The van der Waals surface area contributed by atoms with E-state index in [4.69, 9.17) is 0 Å². The molecule has 1 aliphatic carbocycles. The molecule has 5 heteroatoms. The van der Waals surface area contributed by atoms with Crippen LogP contribution in [0.25, 0.3) is 0 Å². The number of aryl methyl sites for hydroxylation is 1. The second-order valence-corrected chi connectivity index (χ2v) is 7.76. The summed E-state index contributed by atoms with van der Waals surface area (Å²) in [4.78, 5) is 4.62. The molecule has 3 rings (SSSR count). The second-order valence-electron chi connectivity index (χ2n) is 5.52. The lowest BCUT2D eigenvalue weighted by Crippen LogP contribution is -2.33. The van der Waals surface area contributed by atoms with E-state index in [0.717, 1.165) is 16.6 Å². The zero-order chi connectivity index (χ0) is 14.8. The monoisotopic (exact) mass is 319 g/mol. The lowest BCUT2D eigenvalue weighted by molar-refractivity contribution is 0.473. The Kier molecular flexibility index (Phi) is 4.62. The van der Waals surface area contributed by atoms with Crippen LogP contribution < -0.4 is 5.32 Å². The van der Waals surface area contributed by atoms with Gasteiger partial charge in [0.2, 0.25) is 0 Å². The molecule has 0 bridgehead atoms. The number of hydrogen-bond acceptors (Lipinski definition) is 5. The predicted octanol–water partition coefficient (Wildman–Crippen LogP) is 4.03. The summed E-state index contributed by atoms with van der Waals surface area (Å²) in [5.41, 5.74) is 2.93. The summed E-state index contributed by atoms with van der Waals surface area (Å²) in [6.45, 7) is 4.43. The number of benzene rings is 1. The molecule has 0 spiro atoms. The highest BCUT2D eigenvalue weighted by Crippen LogP contribution is 2.44. The first-order chi connectivity index (χ1) is 10.2. The molecule has 1 aromatic carbocycles. The van der Waals surface area contributed by atoms with E-state index in [1.807, 2.05) is 11.8 Å². The average molecular weight is 319 g/mol. The first kappa shape index (κ1) is 15.0. The Morgan fingerprint density at radius 1 is 1.33 bits per heavy atom. The van der Waals surface area contributed by atoms with Gasteiger partial charge >= 0.3 is 0 Å². The number of rotatable bonds is 4. The van der Waals surface area contributed by atoms with Gasteiger partial charge in [-0.1, -0.05) is 49.9 Å². The Morgan fingerprint density at radius 2 is 2.10 bits per heavy atom. The first-order valence-corrected chi connectivity index (χ1v) is 9.13. The third kappa shape index (κ3) is 3.00. The molecule has 1 N–H and O–H groups in total. The molecular weight excluding hydrogens is 298 g/mol. The minimum absolute atomic E-state index is 0.386. The molecule has 1 aliphatic rings. The number of fused-ring (bicyclic) bond motifs is 1. The second kappa shape index (κ2) is 6.46. The lowest BCUT2D eigenvalue weighted by atomic mass is 9.81. The van der Waals surface area contributed by atoms with Gasteiger partial charge in [0.15, 0.2) is 4.34 Å². The highest BCUT2D eigenvalue weighted by atomic mass is 32.2. The van der Waals surface area contributed by atoms with Crippen LogP contribution in [0.5, 0.6) is 0 Å². The van der Waals surface area contributed by atoms with Gasteiger partial charge in [0.05, 0.1) is 0 Å². The summed E-state index contributed by atoms with van der Waals surface area (Å²) >= 11 is 3.42. The molecule has 3 unspecified atom stereocenters. The summed E-state index contributed by atoms with van der Waals surface area (Å²) in [6, 6.07) is 9.20. The average Bonchev–Trinajstić information content (AvgIpc) is 2.95. The van der Waals surface area contributed by atoms with Gasteiger partial charge in [-0.25, -0.2) is 4.98 Å². The van der Waals surface area contributed by atoms with E-state index in [1.165, 1.54) is 29.1 Å². The van der Waals surface area contributed by atoms with Crippen molar-refractivity contribution in [3.63, 3.8) is 0 Å². The van der Waals surface area contributed by atoms with Gasteiger partial charge in [0, 0.05) is 17.7 Å². The largest absolute Gasteiger partial charge is 0.312 e. The molecule has 0 fully saturated rings. The molecule has 3 nitrogen and oxygen atoms in total. The van der Waals surface area contributed by atoms with Crippen LogP contribution in [0.15, 0.2) is 28.6 Å². The van der Waals surface area contributed by atoms with Crippen LogP contribution in [0.1, 0.15) is 49.2 Å². The molecule has 0 amide bonds. The van der Waals surface area contributed by atoms with Crippen molar-refractivity contribution in [2.75, 3.05) is 7.05 Å². The Hall–Kier alpha value is -0.910. The SMILES string of the molecule is CCc1nsc(SC2CC(C)c3ccccc3C2NC)n1. The Morgan fingerprint density at radius 3 is 2.76 bits per heavy atom. The maximum absolute atomic E-state index is 4.62.